The molecular formula is C8H9F3N2O4S2. The number of hydrogen-bond donors (Lipinski definition) is 2. The minimum absolute atomic E-state index is 0.464. The Morgan fingerprint density at radius 3 is 2.00 bits per heavy atom. The summed E-state index contributed by atoms with van der Waals surface area (Å²) < 4.78 is 81.8. The summed E-state index contributed by atoms with van der Waals surface area (Å²) in [5, 5.41) is 3.17. The zero-order valence-corrected chi connectivity index (χ0v) is 10.8. The van der Waals surface area contributed by atoms with Crippen LogP contribution in [0.15, 0.2) is 23.1 Å². The summed E-state index contributed by atoms with van der Waals surface area (Å²) in [5.74, 6) is 0. The van der Waals surface area contributed by atoms with E-state index < -0.39 is 47.3 Å². The van der Waals surface area contributed by atoms with Gasteiger partial charge in [-0.25, -0.2) is 22.0 Å². The first-order valence-electron chi connectivity index (χ1n) is 4.53. The summed E-state index contributed by atoms with van der Waals surface area (Å²) in [6.45, 7) is 0. The minimum Gasteiger partial charge on any atom is -0.398 e. The van der Waals surface area contributed by atoms with E-state index in [2.05, 4.69) is 5.14 Å². The molecule has 0 heterocycles. The third-order valence-electron chi connectivity index (χ3n) is 2.01. The van der Waals surface area contributed by atoms with Gasteiger partial charge in [0, 0.05) is 5.69 Å². The lowest BCUT2D eigenvalue weighted by molar-refractivity contribution is -0.136. The van der Waals surface area contributed by atoms with Crippen molar-refractivity contribution in [1.29, 1.82) is 0 Å². The lowest BCUT2D eigenvalue weighted by Crippen LogP contribution is -2.23. The molecule has 11 heteroatoms. The first-order valence-corrected chi connectivity index (χ1v) is 7.90. The van der Waals surface area contributed by atoms with Gasteiger partial charge in [0.2, 0.25) is 10.0 Å². The minimum atomic E-state index is -4.73. The van der Waals surface area contributed by atoms with E-state index in [1.807, 2.05) is 0 Å². The van der Waals surface area contributed by atoms with Crippen LogP contribution in [0.5, 0.6) is 0 Å². The molecule has 0 spiro atoms. The maximum Gasteiger partial charge on any atom is 0.418 e. The monoisotopic (exact) mass is 318 g/mol. The summed E-state index contributed by atoms with van der Waals surface area (Å²) in [4.78, 5) is -0.646. The number of alkyl halides is 3. The predicted octanol–water partition coefficient (Wildman–Crippen LogP) is 0.307. The standard InChI is InChI=1S/C8H9F3N2O4S2/c9-8(10,11)6-2-1-5(3-7(6)12)18(14,15)4-19(13,16)17/h1-3H,4,12H2,(H2,13,16,17). The second-order valence-electron chi connectivity index (χ2n) is 3.64. The molecule has 0 aliphatic rings. The van der Waals surface area contributed by atoms with Crippen molar-refractivity contribution in [3.05, 3.63) is 23.8 Å². The van der Waals surface area contributed by atoms with Gasteiger partial charge in [-0.15, -0.1) is 0 Å². The molecule has 0 amide bonds. The van der Waals surface area contributed by atoms with E-state index in [0.717, 1.165) is 0 Å². The summed E-state index contributed by atoms with van der Waals surface area (Å²) in [6, 6.07) is 1.63. The summed E-state index contributed by atoms with van der Waals surface area (Å²) >= 11 is 0. The number of halogens is 3. The van der Waals surface area contributed by atoms with E-state index in [-0.39, 0.29) is 0 Å². The van der Waals surface area contributed by atoms with Crippen LogP contribution in [0.25, 0.3) is 0 Å². The SMILES string of the molecule is Nc1cc(S(=O)(=O)CS(N)(=O)=O)ccc1C(F)(F)F. The molecule has 0 aliphatic carbocycles. The number of nitrogen functional groups attached to an aromatic ring is 1. The Morgan fingerprint density at radius 2 is 1.63 bits per heavy atom. The molecule has 4 N–H and O–H groups in total. The van der Waals surface area contributed by atoms with Gasteiger partial charge in [-0.1, -0.05) is 0 Å². The van der Waals surface area contributed by atoms with Crippen molar-refractivity contribution in [2.45, 2.75) is 11.1 Å². The molecule has 0 bridgehead atoms. The molecule has 0 unspecified atom stereocenters. The van der Waals surface area contributed by atoms with Gasteiger partial charge < -0.3 is 5.73 Å². The van der Waals surface area contributed by atoms with Gasteiger partial charge >= 0.3 is 6.18 Å². The number of sulfonamides is 1. The highest BCUT2D eigenvalue weighted by atomic mass is 32.3. The Hall–Kier alpha value is -1.33. The van der Waals surface area contributed by atoms with Crippen molar-refractivity contribution in [2.75, 3.05) is 10.8 Å². The van der Waals surface area contributed by atoms with Crippen molar-refractivity contribution >= 4 is 25.5 Å². The van der Waals surface area contributed by atoms with Gasteiger partial charge in [0.1, 0.15) is 0 Å². The quantitative estimate of drug-likeness (QED) is 0.777. The van der Waals surface area contributed by atoms with Crippen molar-refractivity contribution in [1.82, 2.24) is 0 Å². The fourth-order valence-electron chi connectivity index (χ4n) is 1.28. The molecule has 0 aromatic heterocycles. The second-order valence-corrected chi connectivity index (χ2v) is 7.61. The van der Waals surface area contributed by atoms with Crippen LogP contribution in [0.3, 0.4) is 0 Å². The molecule has 108 valence electrons. The van der Waals surface area contributed by atoms with E-state index >= 15 is 0 Å². The Bertz CT molecular complexity index is 695. The lowest BCUT2D eigenvalue weighted by atomic mass is 10.2. The molecule has 6 nitrogen and oxygen atoms in total. The second kappa shape index (κ2) is 4.65. The Morgan fingerprint density at radius 1 is 1.11 bits per heavy atom. The molecule has 1 rings (SSSR count). The molecule has 0 saturated carbocycles. The van der Waals surface area contributed by atoms with E-state index in [0.29, 0.717) is 18.2 Å². The van der Waals surface area contributed by atoms with Crippen molar-refractivity contribution < 1.29 is 30.0 Å². The topological polar surface area (TPSA) is 120 Å². The highest BCUT2D eigenvalue weighted by Crippen LogP contribution is 2.34. The predicted molar refractivity (Wildman–Crippen MR) is 61.0 cm³/mol. The van der Waals surface area contributed by atoms with Crippen molar-refractivity contribution in [3.63, 3.8) is 0 Å². The van der Waals surface area contributed by atoms with Gasteiger partial charge in [0.15, 0.2) is 14.9 Å². The Labute approximate surface area is 107 Å². The summed E-state index contributed by atoms with van der Waals surface area (Å²) in [5.41, 5.74) is 3.08. The molecule has 1 aromatic rings. The molecule has 0 radical (unpaired) electrons. The molecule has 0 atom stereocenters. The smallest absolute Gasteiger partial charge is 0.398 e. The maximum absolute atomic E-state index is 12.4. The van der Waals surface area contributed by atoms with E-state index in [1.165, 1.54) is 0 Å². The maximum atomic E-state index is 12.4. The van der Waals surface area contributed by atoms with E-state index in [1.54, 1.807) is 0 Å². The molecule has 0 saturated heterocycles. The number of primary sulfonamides is 1. The number of hydrogen-bond acceptors (Lipinski definition) is 5. The van der Waals surface area contributed by atoms with Crippen LogP contribution < -0.4 is 10.9 Å². The van der Waals surface area contributed by atoms with Crippen molar-refractivity contribution in [2.24, 2.45) is 5.14 Å². The van der Waals surface area contributed by atoms with E-state index in [9.17, 15) is 30.0 Å². The first kappa shape index (κ1) is 15.7. The highest BCUT2D eigenvalue weighted by molar-refractivity contribution is 8.07. The van der Waals surface area contributed by atoms with Crippen molar-refractivity contribution in [3.8, 4) is 0 Å². The number of anilines is 1. The molecule has 19 heavy (non-hydrogen) atoms. The zero-order chi connectivity index (χ0) is 15.1. The molecule has 1 aromatic carbocycles. The summed E-state index contributed by atoms with van der Waals surface area (Å²) in [7, 11) is -8.70. The molecular weight excluding hydrogens is 309 g/mol. The van der Waals surface area contributed by atoms with Crippen LogP contribution in [0.2, 0.25) is 0 Å². The zero-order valence-electron chi connectivity index (χ0n) is 9.18. The largest absolute Gasteiger partial charge is 0.418 e. The van der Waals surface area contributed by atoms with Crippen LogP contribution in [-0.4, -0.2) is 21.9 Å². The molecule has 0 aliphatic heterocycles. The first-order chi connectivity index (χ1) is 8.33. The highest BCUT2D eigenvalue weighted by Gasteiger charge is 2.33. The normalized spacial score (nSPS) is 13.5. The Kier molecular flexibility index (Phi) is 3.85. The lowest BCUT2D eigenvalue weighted by Gasteiger charge is -2.11. The number of benzene rings is 1. The third-order valence-corrected chi connectivity index (χ3v) is 5.53. The molecule has 0 fully saturated rings. The van der Waals surface area contributed by atoms with Crippen LogP contribution >= 0.6 is 0 Å². The van der Waals surface area contributed by atoms with Crippen LogP contribution in [0.4, 0.5) is 18.9 Å². The van der Waals surface area contributed by atoms with Gasteiger partial charge in [0.25, 0.3) is 0 Å². The number of rotatable bonds is 3. The fraction of sp³-hybridized carbons (Fsp3) is 0.250. The van der Waals surface area contributed by atoms with Gasteiger partial charge in [-0.3, -0.25) is 0 Å². The number of nitrogens with two attached hydrogens (primary N) is 2. The van der Waals surface area contributed by atoms with Crippen LogP contribution in [0.1, 0.15) is 5.56 Å². The fourth-order valence-corrected chi connectivity index (χ4v) is 4.13. The average Bonchev–Trinajstić information content (AvgIpc) is 2.11. The van der Waals surface area contributed by atoms with Gasteiger partial charge in [-0.05, 0) is 18.2 Å². The van der Waals surface area contributed by atoms with Crippen LogP contribution in [0, 0.1) is 0 Å². The van der Waals surface area contributed by atoms with E-state index in [4.69, 9.17) is 5.73 Å². The third kappa shape index (κ3) is 4.08. The van der Waals surface area contributed by atoms with Gasteiger partial charge in [0.05, 0.1) is 10.5 Å². The Balaban J connectivity index is 3.30. The number of sulfone groups is 1. The van der Waals surface area contributed by atoms with Crippen LogP contribution in [-0.2, 0) is 26.0 Å². The summed E-state index contributed by atoms with van der Waals surface area (Å²) in [6.07, 6.45) is -4.73. The van der Waals surface area contributed by atoms with Gasteiger partial charge in [-0.2, -0.15) is 13.2 Å². The average molecular weight is 318 g/mol.